The summed E-state index contributed by atoms with van der Waals surface area (Å²) in [7, 11) is 0. The Balaban J connectivity index is 1.82. The van der Waals surface area contributed by atoms with Crippen LogP contribution in [0.15, 0.2) is 42.9 Å². The summed E-state index contributed by atoms with van der Waals surface area (Å²) in [5.74, 6) is -3.94. The molecular weight excluding hydrogens is 518 g/mol. The molecule has 2 aliphatic rings. The van der Waals surface area contributed by atoms with E-state index in [4.69, 9.17) is 0 Å². The Bertz CT molecular complexity index is 1250. The van der Waals surface area contributed by atoms with Gasteiger partial charge in [-0.25, -0.2) is 8.78 Å². The Labute approximate surface area is 233 Å². The van der Waals surface area contributed by atoms with Gasteiger partial charge in [0, 0.05) is 43.4 Å². The van der Waals surface area contributed by atoms with Crippen molar-refractivity contribution < 1.29 is 23.5 Å². The molecule has 1 aliphatic heterocycles. The number of carbonyl (C=O) groups is 2. The van der Waals surface area contributed by atoms with Crippen molar-refractivity contribution in [1.82, 2.24) is 20.2 Å². The van der Waals surface area contributed by atoms with E-state index in [2.05, 4.69) is 36.1 Å². The van der Waals surface area contributed by atoms with E-state index in [1.807, 2.05) is 18.3 Å². The first-order chi connectivity index (χ1) is 18.8. The Morgan fingerprint density at radius 2 is 1.80 bits per heavy atom. The minimum Gasteiger partial charge on any atom is -0.391 e. The third kappa shape index (κ3) is 5.92. The van der Waals surface area contributed by atoms with Crippen LogP contribution >= 0.6 is 0 Å². The standard InChI is InChI=1S/C29H36F2N6O3/c1-27(2,3)19-5-7-21(8-6-19)37(25(39)23-15-22(38)17-36(23)18-32)28(4,24-16-33-13-14-34-24)26(40)35-20-9-11-29(30,31)12-10-20/h5-8,13-14,16,20,22-23,38H,9-12,15,17H2,1-4H3,(H,35,40)/t22-,23-,28?/m1/s1. The topological polar surface area (TPSA) is 122 Å². The second-order valence-electron chi connectivity index (χ2n) is 11.9. The zero-order valence-electron chi connectivity index (χ0n) is 23.3. The third-order valence-corrected chi connectivity index (χ3v) is 7.91. The zero-order chi connectivity index (χ0) is 29.3. The summed E-state index contributed by atoms with van der Waals surface area (Å²) in [5, 5.41) is 22.9. The Hall–Kier alpha value is -3.65. The molecule has 0 bridgehead atoms. The van der Waals surface area contributed by atoms with Crippen LogP contribution in [0.3, 0.4) is 0 Å². The van der Waals surface area contributed by atoms with E-state index in [1.54, 1.807) is 19.1 Å². The lowest BCUT2D eigenvalue weighted by Gasteiger charge is -2.42. The predicted octanol–water partition coefficient (Wildman–Crippen LogP) is 3.63. The van der Waals surface area contributed by atoms with Crippen molar-refractivity contribution in [1.29, 1.82) is 5.26 Å². The summed E-state index contributed by atoms with van der Waals surface area (Å²) in [6.07, 6.45) is 4.87. The van der Waals surface area contributed by atoms with Gasteiger partial charge in [-0.15, -0.1) is 0 Å². The molecule has 9 nitrogen and oxygen atoms in total. The lowest BCUT2D eigenvalue weighted by atomic mass is 9.86. The quantitative estimate of drug-likeness (QED) is 0.523. The van der Waals surface area contributed by atoms with Crippen LogP contribution in [-0.2, 0) is 20.5 Å². The number of aliphatic hydroxyl groups excluding tert-OH is 1. The highest BCUT2D eigenvalue weighted by Crippen LogP contribution is 2.38. The van der Waals surface area contributed by atoms with E-state index >= 15 is 0 Å². The number of aliphatic hydroxyl groups is 1. The number of nitriles is 1. The molecule has 11 heteroatoms. The average Bonchev–Trinajstić information content (AvgIpc) is 3.30. The van der Waals surface area contributed by atoms with Gasteiger partial charge >= 0.3 is 0 Å². The first-order valence-electron chi connectivity index (χ1n) is 13.5. The molecule has 4 rings (SSSR count). The molecule has 1 saturated heterocycles. The number of benzene rings is 1. The number of rotatable bonds is 6. The fourth-order valence-corrected chi connectivity index (χ4v) is 5.42. The maximum Gasteiger partial charge on any atom is 0.252 e. The molecule has 3 atom stereocenters. The summed E-state index contributed by atoms with van der Waals surface area (Å²) in [4.78, 5) is 39.6. The maximum atomic E-state index is 14.3. The van der Waals surface area contributed by atoms with Crippen LogP contribution in [0, 0.1) is 11.5 Å². The predicted molar refractivity (Wildman–Crippen MR) is 144 cm³/mol. The number of carbonyl (C=O) groups excluding carboxylic acids is 2. The molecule has 1 saturated carbocycles. The fraction of sp³-hybridized carbons (Fsp3) is 0.552. The average molecular weight is 555 g/mol. The van der Waals surface area contributed by atoms with Crippen LogP contribution in [0.5, 0.6) is 0 Å². The molecule has 0 radical (unpaired) electrons. The van der Waals surface area contributed by atoms with Crippen molar-refractivity contribution in [3.05, 3.63) is 54.1 Å². The fourth-order valence-electron chi connectivity index (χ4n) is 5.42. The number of anilines is 1. The van der Waals surface area contributed by atoms with Gasteiger partial charge in [0.2, 0.25) is 5.92 Å². The van der Waals surface area contributed by atoms with Crippen LogP contribution < -0.4 is 10.2 Å². The number of halogens is 2. The van der Waals surface area contributed by atoms with Crippen molar-refractivity contribution in [2.45, 2.75) is 94.9 Å². The van der Waals surface area contributed by atoms with Crippen LogP contribution in [0.4, 0.5) is 14.5 Å². The second-order valence-corrected chi connectivity index (χ2v) is 11.9. The number of alkyl halides is 2. The van der Waals surface area contributed by atoms with E-state index in [0.717, 1.165) is 5.56 Å². The van der Waals surface area contributed by atoms with Gasteiger partial charge in [-0.3, -0.25) is 29.4 Å². The number of nitrogens with zero attached hydrogens (tertiary/aromatic N) is 5. The Morgan fingerprint density at radius 3 is 2.35 bits per heavy atom. The van der Waals surface area contributed by atoms with Crippen LogP contribution in [0.2, 0.25) is 0 Å². The van der Waals surface area contributed by atoms with E-state index in [-0.39, 0.29) is 49.8 Å². The molecule has 0 spiro atoms. The van der Waals surface area contributed by atoms with Gasteiger partial charge in [0.15, 0.2) is 11.7 Å². The third-order valence-electron chi connectivity index (χ3n) is 7.91. The molecule has 40 heavy (non-hydrogen) atoms. The van der Waals surface area contributed by atoms with E-state index in [9.17, 15) is 28.7 Å². The number of β-amino-alcohol motifs (C(OH)–C–C–N with tert-alkyl or cyclic N) is 1. The first kappa shape index (κ1) is 29.3. The summed E-state index contributed by atoms with van der Waals surface area (Å²) in [6, 6.07) is 5.71. The van der Waals surface area contributed by atoms with Crippen molar-refractivity contribution in [3.63, 3.8) is 0 Å². The normalized spacial score (nSPS) is 22.7. The van der Waals surface area contributed by atoms with Crippen LogP contribution in [0.25, 0.3) is 0 Å². The molecule has 1 aromatic carbocycles. The molecule has 2 amide bonds. The molecule has 1 aliphatic carbocycles. The van der Waals surface area contributed by atoms with E-state index < -0.39 is 41.5 Å². The van der Waals surface area contributed by atoms with Gasteiger partial charge in [-0.2, -0.15) is 5.26 Å². The first-order valence-corrected chi connectivity index (χ1v) is 13.5. The number of aromatic nitrogens is 2. The van der Waals surface area contributed by atoms with Gasteiger partial charge in [0.05, 0.1) is 24.5 Å². The van der Waals surface area contributed by atoms with E-state index in [1.165, 1.54) is 28.4 Å². The van der Waals surface area contributed by atoms with Crippen molar-refractivity contribution in [3.8, 4) is 6.19 Å². The number of likely N-dealkylation sites (tertiary alicyclic amines) is 1. The molecule has 1 aromatic heterocycles. The van der Waals surface area contributed by atoms with Gasteiger partial charge < -0.3 is 10.4 Å². The molecule has 2 fully saturated rings. The van der Waals surface area contributed by atoms with Gasteiger partial charge in [-0.05, 0) is 42.9 Å². The van der Waals surface area contributed by atoms with Crippen LogP contribution in [0.1, 0.15) is 71.1 Å². The SMILES string of the molecule is CC(C)(C)c1ccc(N(C(=O)[C@H]2C[C@@H](O)CN2C#N)C(C)(C(=O)NC2CCC(F)(F)CC2)c2cnccn2)cc1. The lowest BCUT2D eigenvalue weighted by Crippen LogP contribution is -2.62. The largest absolute Gasteiger partial charge is 0.391 e. The summed E-state index contributed by atoms with van der Waals surface area (Å²) in [6.45, 7) is 7.71. The number of hydrogen-bond donors (Lipinski definition) is 2. The number of amides is 2. The summed E-state index contributed by atoms with van der Waals surface area (Å²) < 4.78 is 27.7. The molecule has 2 heterocycles. The summed E-state index contributed by atoms with van der Waals surface area (Å²) in [5.41, 5.74) is -0.370. The van der Waals surface area contributed by atoms with Crippen molar-refractivity contribution >= 4 is 17.5 Å². The zero-order valence-corrected chi connectivity index (χ0v) is 23.3. The van der Waals surface area contributed by atoms with E-state index in [0.29, 0.717) is 5.69 Å². The highest BCUT2D eigenvalue weighted by atomic mass is 19.3. The molecule has 2 aromatic rings. The minimum absolute atomic E-state index is 0.00591. The minimum atomic E-state index is -2.77. The van der Waals surface area contributed by atoms with Gasteiger partial charge in [0.25, 0.3) is 11.8 Å². The Kier molecular flexibility index (Phi) is 8.13. The molecule has 2 N–H and O–H groups in total. The van der Waals surface area contributed by atoms with Crippen LogP contribution in [-0.4, -0.2) is 62.4 Å². The van der Waals surface area contributed by atoms with Gasteiger partial charge in [-0.1, -0.05) is 32.9 Å². The molecule has 1 unspecified atom stereocenters. The highest BCUT2D eigenvalue weighted by molar-refractivity contribution is 6.06. The molecular formula is C29H36F2N6O3. The summed E-state index contributed by atoms with van der Waals surface area (Å²) >= 11 is 0. The second kappa shape index (κ2) is 11.1. The highest BCUT2D eigenvalue weighted by Gasteiger charge is 2.51. The molecule has 214 valence electrons. The Morgan fingerprint density at radius 1 is 1.15 bits per heavy atom. The van der Waals surface area contributed by atoms with Gasteiger partial charge in [0.1, 0.15) is 6.04 Å². The number of hydrogen-bond acceptors (Lipinski definition) is 7. The smallest absolute Gasteiger partial charge is 0.252 e. The van der Waals surface area contributed by atoms with Crippen molar-refractivity contribution in [2.75, 3.05) is 11.4 Å². The lowest BCUT2D eigenvalue weighted by molar-refractivity contribution is -0.133. The van der Waals surface area contributed by atoms with Crippen molar-refractivity contribution in [2.24, 2.45) is 0 Å². The maximum absolute atomic E-state index is 14.3. The number of nitrogens with one attached hydrogen (secondary N) is 1. The monoisotopic (exact) mass is 554 g/mol.